The second-order valence-corrected chi connectivity index (χ2v) is 7.91. The van der Waals surface area contributed by atoms with E-state index in [9.17, 15) is 9.59 Å². The maximum Gasteiger partial charge on any atom is 0.323 e. The van der Waals surface area contributed by atoms with Crippen LogP contribution in [-0.4, -0.2) is 25.2 Å². The number of esters is 2. The van der Waals surface area contributed by atoms with Gasteiger partial charge in [-0.2, -0.15) is 0 Å². The minimum atomic E-state index is -1.11. The highest BCUT2D eigenvalue weighted by atomic mass is 16.6. The van der Waals surface area contributed by atoms with Crippen LogP contribution >= 0.6 is 0 Å². The quantitative estimate of drug-likeness (QED) is 0.134. The van der Waals surface area contributed by atoms with Crippen molar-refractivity contribution in [2.75, 3.05) is 13.2 Å². The van der Waals surface area contributed by atoms with E-state index in [0.29, 0.717) is 26.1 Å². The Hall–Kier alpha value is -1.06. The lowest BCUT2D eigenvalue weighted by Gasteiger charge is -2.29. The SMILES string of the molecule is CCCCCCCCCCCCC(CCCCC)(C(=O)OCC)C(=O)OCC. The summed E-state index contributed by atoms with van der Waals surface area (Å²) in [5, 5.41) is 0. The predicted molar refractivity (Wildman–Crippen MR) is 116 cm³/mol. The lowest BCUT2D eigenvalue weighted by atomic mass is 9.77. The van der Waals surface area contributed by atoms with Crippen molar-refractivity contribution in [2.45, 2.75) is 124 Å². The molecule has 0 unspecified atom stereocenters. The number of unbranched alkanes of at least 4 members (excludes halogenated alkanes) is 11. The highest BCUT2D eigenvalue weighted by Gasteiger charge is 2.47. The lowest BCUT2D eigenvalue weighted by Crippen LogP contribution is -2.42. The minimum absolute atomic E-state index is 0.297. The van der Waals surface area contributed by atoms with Gasteiger partial charge in [0.1, 0.15) is 0 Å². The first-order valence-corrected chi connectivity index (χ1v) is 11.9. The van der Waals surface area contributed by atoms with Crippen LogP contribution in [0.5, 0.6) is 0 Å². The Morgan fingerprint density at radius 1 is 0.536 bits per heavy atom. The van der Waals surface area contributed by atoms with E-state index in [1.54, 1.807) is 13.8 Å². The molecule has 166 valence electrons. The van der Waals surface area contributed by atoms with Gasteiger partial charge in [0.25, 0.3) is 0 Å². The molecule has 28 heavy (non-hydrogen) atoms. The van der Waals surface area contributed by atoms with Gasteiger partial charge in [-0.15, -0.1) is 0 Å². The normalized spacial score (nSPS) is 11.4. The van der Waals surface area contributed by atoms with Gasteiger partial charge in [-0.05, 0) is 26.7 Å². The largest absolute Gasteiger partial charge is 0.465 e. The molecule has 0 heterocycles. The summed E-state index contributed by atoms with van der Waals surface area (Å²) in [6.45, 7) is 8.55. The molecule has 0 spiro atoms. The van der Waals surface area contributed by atoms with E-state index in [0.717, 1.165) is 32.1 Å². The first-order valence-electron chi connectivity index (χ1n) is 11.9. The standard InChI is InChI=1S/C24H46O4/c1-5-9-11-12-13-14-15-16-17-19-21-24(20-18-10-6-2,22(25)27-7-3)23(26)28-8-4/h5-21H2,1-4H3. The monoisotopic (exact) mass is 398 g/mol. The van der Waals surface area contributed by atoms with Gasteiger partial charge in [0.2, 0.25) is 0 Å². The molecule has 0 atom stereocenters. The topological polar surface area (TPSA) is 52.6 Å². The van der Waals surface area contributed by atoms with Gasteiger partial charge >= 0.3 is 11.9 Å². The molecule has 0 rings (SSSR count). The summed E-state index contributed by atoms with van der Waals surface area (Å²) in [6, 6.07) is 0. The first kappa shape index (κ1) is 26.9. The molecule has 0 fully saturated rings. The maximum absolute atomic E-state index is 12.7. The Balaban J connectivity index is 4.56. The third-order valence-corrected chi connectivity index (χ3v) is 5.50. The molecular formula is C24H46O4. The molecular weight excluding hydrogens is 352 g/mol. The van der Waals surface area contributed by atoms with Crippen LogP contribution < -0.4 is 0 Å². The van der Waals surface area contributed by atoms with Crippen molar-refractivity contribution in [1.82, 2.24) is 0 Å². The molecule has 0 saturated carbocycles. The van der Waals surface area contributed by atoms with Crippen molar-refractivity contribution in [1.29, 1.82) is 0 Å². The van der Waals surface area contributed by atoms with E-state index < -0.39 is 5.41 Å². The molecule has 0 aliphatic carbocycles. The van der Waals surface area contributed by atoms with Crippen LogP contribution in [0.2, 0.25) is 0 Å². The Morgan fingerprint density at radius 3 is 1.25 bits per heavy atom. The van der Waals surface area contributed by atoms with Gasteiger partial charge < -0.3 is 9.47 Å². The fourth-order valence-electron chi connectivity index (χ4n) is 3.75. The molecule has 0 aliphatic heterocycles. The van der Waals surface area contributed by atoms with Crippen LogP contribution in [-0.2, 0) is 19.1 Å². The van der Waals surface area contributed by atoms with Gasteiger partial charge in [0.15, 0.2) is 5.41 Å². The number of ether oxygens (including phenoxy) is 2. The van der Waals surface area contributed by atoms with Crippen molar-refractivity contribution in [3.05, 3.63) is 0 Å². The van der Waals surface area contributed by atoms with Crippen LogP contribution in [0.15, 0.2) is 0 Å². The number of carbonyl (C=O) groups excluding carboxylic acids is 2. The van der Waals surface area contributed by atoms with Crippen LogP contribution in [0.3, 0.4) is 0 Å². The van der Waals surface area contributed by atoms with Gasteiger partial charge in [0, 0.05) is 0 Å². The molecule has 0 aromatic carbocycles. The Bertz CT molecular complexity index is 374. The van der Waals surface area contributed by atoms with Gasteiger partial charge in [-0.25, -0.2) is 0 Å². The lowest BCUT2D eigenvalue weighted by molar-refractivity contribution is -0.173. The molecule has 0 N–H and O–H groups in total. The van der Waals surface area contributed by atoms with Crippen LogP contribution in [0.25, 0.3) is 0 Å². The average molecular weight is 399 g/mol. The zero-order chi connectivity index (χ0) is 21.1. The summed E-state index contributed by atoms with van der Waals surface area (Å²) < 4.78 is 10.6. The van der Waals surface area contributed by atoms with Crippen molar-refractivity contribution < 1.29 is 19.1 Å². The summed E-state index contributed by atoms with van der Waals surface area (Å²) >= 11 is 0. The third kappa shape index (κ3) is 11.1. The number of hydrogen-bond donors (Lipinski definition) is 0. The summed E-state index contributed by atoms with van der Waals surface area (Å²) in [6.07, 6.45) is 16.3. The summed E-state index contributed by atoms with van der Waals surface area (Å²) in [4.78, 5) is 25.5. The zero-order valence-corrected chi connectivity index (χ0v) is 19.2. The summed E-state index contributed by atoms with van der Waals surface area (Å²) in [7, 11) is 0. The smallest absolute Gasteiger partial charge is 0.323 e. The minimum Gasteiger partial charge on any atom is -0.465 e. The average Bonchev–Trinajstić information content (AvgIpc) is 2.68. The molecule has 4 nitrogen and oxygen atoms in total. The second-order valence-electron chi connectivity index (χ2n) is 7.91. The van der Waals surface area contributed by atoms with Crippen LogP contribution in [0.1, 0.15) is 124 Å². The molecule has 0 amide bonds. The fraction of sp³-hybridized carbons (Fsp3) is 0.917. The van der Waals surface area contributed by atoms with E-state index >= 15 is 0 Å². The third-order valence-electron chi connectivity index (χ3n) is 5.50. The molecule has 0 radical (unpaired) electrons. The number of rotatable bonds is 19. The number of hydrogen-bond acceptors (Lipinski definition) is 4. The first-order chi connectivity index (χ1) is 13.6. The molecule has 0 aliphatic rings. The van der Waals surface area contributed by atoms with E-state index in [1.807, 2.05) is 0 Å². The van der Waals surface area contributed by atoms with Crippen molar-refractivity contribution >= 4 is 11.9 Å². The Kier molecular flexibility index (Phi) is 17.3. The van der Waals surface area contributed by atoms with E-state index in [-0.39, 0.29) is 11.9 Å². The molecule has 0 aromatic rings. The summed E-state index contributed by atoms with van der Waals surface area (Å²) in [5.74, 6) is -0.777. The fourth-order valence-corrected chi connectivity index (χ4v) is 3.75. The second kappa shape index (κ2) is 18.0. The molecule has 0 bridgehead atoms. The summed E-state index contributed by atoms with van der Waals surface area (Å²) in [5.41, 5.74) is -1.11. The van der Waals surface area contributed by atoms with Crippen LogP contribution in [0, 0.1) is 5.41 Å². The van der Waals surface area contributed by atoms with E-state index in [2.05, 4.69) is 13.8 Å². The van der Waals surface area contributed by atoms with Gasteiger partial charge in [0.05, 0.1) is 13.2 Å². The highest BCUT2D eigenvalue weighted by molar-refractivity contribution is 6.00. The predicted octanol–water partition coefficient (Wildman–Crippen LogP) is 6.99. The Morgan fingerprint density at radius 2 is 0.857 bits per heavy atom. The van der Waals surface area contributed by atoms with Gasteiger partial charge in [-0.1, -0.05) is 97.3 Å². The molecule has 0 aromatic heterocycles. The molecule has 4 heteroatoms. The van der Waals surface area contributed by atoms with E-state index in [4.69, 9.17) is 9.47 Å². The van der Waals surface area contributed by atoms with Crippen molar-refractivity contribution in [3.63, 3.8) is 0 Å². The molecule has 0 saturated heterocycles. The number of carbonyl (C=O) groups is 2. The van der Waals surface area contributed by atoms with E-state index in [1.165, 1.54) is 51.4 Å². The maximum atomic E-state index is 12.7. The van der Waals surface area contributed by atoms with Crippen molar-refractivity contribution in [2.24, 2.45) is 5.41 Å². The highest BCUT2D eigenvalue weighted by Crippen LogP contribution is 2.35. The zero-order valence-electron chi connectivity index (χ0n) is 19.2. The van der Waals surface area contributed by atoms with Crippen molar-refractivity contribution in [3.8, 4) is 0 Å². The van der Waals surface area contributed by atoms with Gasteiger partial charge in [-0.3, -0.25) is 9.59 Å². The Labute approximate surface area is 174 Å². The van der Waals surface area contributed by atoms with Crippen LogP contribution in [0.4, 0.5) is 0 Å².